The van der Waals surface area contributed by atoms with Crippen molar-refractivity contribution in [1.29, 1.82) is 0 Å². The first-order valence-electron chi connectivity index (χ1n) is 14.8. The smallest absolute Gasteiger partial charge is 0.305 e. The number of hydrogen-bond acceptors (Lipinski definition) is 10. The molecule has 0 bridgehead atoms. The molecule has 2 aromatic rings. The number of phenolic OH excluding ortho intramolecular Hbond substituents is 1. The van der Waals surface area contributed by atoms with Crippen LogP contribution in [0, 0.1) is 23.7 Å². The second-order valence-corrected chi connectivity index (χ2v) is 12.1. The minimum atomic E-state index is -2.76. The highest BCUT2D eigenvalue weighted by molar-refractivity contribution is 6.32. The molecule has 44 heavy (non-hydrogen) atoms. The van der Waals surface area contributed by atoms with Crippen molar-refractivity contribution < 1.29 is 43.7 Å². The predicted molar refractivity (Wildman–Crippen MR) is 156 cm³/mol. The monoisotopic (exact) mass is 604 g/mol. The highest BCUT2D eigenvalue weighted by Crippen LogP contribution is 2.51. The number of carbonyl (C=O) groups is 6. The lowest BCUT2D eigenvalue weighted by atomic mass is 9.52. The number of Topliss-reactive ketones (excluding diaryl/α,β-unsaturated/α-hetero) is 4. The first-order valence-corrected chi connectivity index (χ1v) is 14.8. The van der Waals surface area contributed by atoms with Crippen LogP contribution in [0.15, 0.2) is 36.4 Å². The van der Waals surface area contributed by atoms with Gasteiger partial charge in [-0.05, 0) is 80.9 Å². The number of aryl methyl sites for hydroxylation is 1. The van der Waals surface area contributed by atoms with Gasteiger partial charge in [-0.3, -0.25) is 33.7 Å². The van der Waals surface area contributed by atoms with Gasteiger partial charge in [0.15, 0.2) is 34.7 Å². The molecule has 1 amide bonds. The van der Waals surface area contributed by atoms with Gasteiger partial charge in [-0.1, -0.05) is 30.3 Å². The van der Waals surface area contributed by atoms with Gasteiger partial charge in [0.25, 0.3) is 0 Å². The number of hydrogen-bond donors (Lipinski definition) is 3. The molecule has 0 spiro atoms. The highest BCUT2D eigenvalue weighted by atomic mass is 16.5. The molecule has 3 aliphatic rings. The van der Waals surface area contributed by atoms with Gasteiger partial charge in [-0.25, -0.2) is 0 Å². The first-order chi connectivity index (χ1) is 20.8. The lowest BCUT2D eigenvalue weighted by Crippen LogP contribution is -2.74. The topological polar surface area (TPSA) is 181 Å². The molecule has 0 aromatic heterocycles. The van der Waals surface area contributed by atoms with Gasteiger partial charge in [0, 0.05) is 12.3 Å². The molecule has 0 radical (unpaired) electrons. The third-order valence-electron chi connectivity index (χ3n) is 9.36. The van der Waals surface area contributed by atoms with Gasteiger partial charge in [-0.2, -0.15) is 0 Å². The fourth-order valence-corrected chi connectivity index (χ4v) is 7.40. The minimum Gasteiger partial charge on any atom is -0.507 e. The van der Waals surface area contributed by atoms with Crippen molar-refractivity contribution in [3.05, 3.63) is 53.1 Å². The van der Waals surface area contributed by atoms with Crippen LogP contribution in [-0.2, 0) is 41.6 Å². The fraction of sp³-hybridized carbons (Fsp3) is 0.455. The maximum Gasteiger partial charge on any atom is 0.305 e. The Kier molecular flexibility index (Phi) is 8.30. The molecule has 232 valence electrons. The Balaban J connectivity index is 1.49. The average Bonchev–Trinajstić information content (AvgIpc) is 2.95. The Morgan fingerprint density at radius 1 is 1.05 bits per heavy atom. The quantitative estimate of drug-likeness (QED) is 0.294. The molecule has 5 rings (SSSR count). The summed E-state index contributed by atoms with van der Waals surface area (Å²) in [5.41, 5.74) is 5.57. The third-order valence-corrected chi connectivity index (χ3v) is 9.36. The number of nitrogens with zero attached hydrogens (tertiary/aromatic N) is 1. The zero-order valence-electron chi connectivity index (χ0n) is 24.9. The Morgan fingerprint density at radius 2 is 1.73 bits per heavy atom. The second kappa shape index (κ2) is 11.7. The number of fused-ring (bicyclic) bond motifs is 3. The number of esters is 1. The van der Waals surface area contributed by atoms with Gasteiger partial charge < -0.3 is 20.7 Å². The maximum absolute atomic E-state index is 14.0. The van der Waals surface area contributed by atoms with Crippen molar-refractivity contribution in [1.82, 2.24) is 4.90 Å². The van der Waals surface area contributed by atoms with Gasteiger partial charge >= 0.3 is 5.97 Å². The van der Waals surface area contributed by atoms with E-state index in [0.717, 1.165) is 11.1 Å². The Hall–Kier alpha value is -4.22. The van der Waals surface area contributed by atoms with E-state index >= 15 is 0 Å². The summed E-state index contributed by atoms with van der Waals surface area (Å²) in [4.78, 5) is 79.8. The van der Waals surface area contributed by atoms with Crippen molar-refractivity contribution in [2.75, 3.05) is 20.7 Å². The Labute approximate surface area is 254 Å². The number of carbonyl (C=O) groups excluding carboxylic acids is 6. The zero-order valence-corrected chi connectivity index (χ0v) is 24.9. The molecular weight excluding hydrogens is 568 g/mol. The van der Waals surface area contributed by atoms with Gasteiger partial charge in [0.2, 0.25) is 5.91 Å². The molecule has 11 nitrogen and oxygen atoms in total. The summed E-state index contributed by atoms with van der Waals surface area (Å²) in [5.74, 6) is -11.0. The number of phenols is 1. The van der Waals surface area contributed by atoms with Crippen LogP contribution in [-0.4, -0.2) is 82.5 Å². The first kappa shape index (κ1) is 31.2. The van der Waals surface area contributed by atoms with E-state index < -0.39 is 64.4 Å². The average molecular weight is 605 g/mol. The van der Waals surface area contributed by atoms with Crippen LogP contribution in [0.5, 0.6) is 5.75 Å². The van der Waals surface area contributed by atoms with Crippen molar-refractivity contribution in [2.45, 2.75) is 50.7 Å². The molecule has 2 unspecified atom stereocenters. The molecule has 2 aromatic carbocycles. The van der Waals surface area contributed by atoms with E-state index in [0.29, 0.717) is 37.0 Å². The zero-order chi connectivity index (χ0) is 32.1. The van der Waals surface area contributed by atoms with Crippen molar-refractivity contribution in [3.63, 3.8) is 0 Å². The number of ether oxygens (including phenoxy) is 1. The van der Waals surface area contributed by atoms with E-state index in [1.165, 1.54) is 11.0 Å². The molecule has 2 saturated carbocycles. The van der Waals surface area contributed by atoms with Crippen LogP contribution in [0.2, 0.25) is 0 Å². The number of amides is 1. The fourth-order valence-electron chi connectivity index (χ4n) is 7.40. The Bertz CT molecular complexity index is 1560. The van der Waals surface area contributed by atoms with Gasteiger partial charge in [0.05, 0.1) is 24.1 Å². The number of aromatic hydroxyl groups is 1. The molecule has 0 heterocycles. The molecular formula is C33H36N2O9. The summed E-state index contributed by atoms with van der Waals surface area (Å²) in [6.07, 6.45) is 1.78. The van der Waals surface area contributed by atoms with E-state index in [2.05, 4.69) is 0 Å². The number of nitrogens with two attached hydrogens (primary N) is 1. The second-order valence-electron chi connectivity index (χ2n) is 12.1. The van der Waals surface area contributed by atoms with Crippen LogP contribution in [0.3, 0.4) is 0 Å². The number of ketones is 4. The SMILES string of the molecule is CCOC(=O)CCCc1ccc(-c2ccc(O)c3c2C[C@@H]2C[C@@H]4[C@@H](N(C)C)C(=O)C(C(N)=O)C(=O)[C@]4(O)C(=O)C2C3=O)cc1. The maximum atomic E-state index is 14.0. The summed E-state index contributed by atoms with van der Waals surface area (Å²) in [7, 11) is 3.09. The largest absolute Gasteiger partial charge is 0.507 e. The van der Waals surface area contributed by atoms with Gasteiger partial charge in [-0.15, -0.1) is 0 Å². The van der Waals surface area contributed by atoms with Crippen LogP contribution in [0.4, 0.5) is 0 Å². The standard InChI is InChI=1S/C33H36N2O9/c1-4-44-23(37)7-5-6-16-8-10-17(11-9-16)19-12-13-22(36)25-20(19)14-18-15-21-27(35(2)3)29(39)26(32(34)42)31(41)33(21,43)30(40)24(18)28(25)38/h8-13,18,21,24,26-27,36,43H,4-7,14-15H2,1-3H3,(H2,34,42)/t18-,21-,24?,26?,27-,33-/m1/s1. The number of rotatable bonds is 8. The van der Waals surface area contributed by atoms with Crippen LogP contribution < -0.4 is 5.73 Å². The Morgan fingerprint density at radius 3 is 2.34 bits per heavy atom. The molecule has 6 atom stereocenters. The number of benzene rings is 2. The van der Waals surface area contributed by atoms with Crippen LogP contribution >= 0.6 is 0 Å². The van der Waals surface area contributed by atoms with E-state index in [-0.39, 0.29) is 30.1 Å². The predicted octanol–water partition coefficient (Wildman–Crippen LogP) is 1.42. The molecule has 11 heteroatoms. The molecule has 0 aliphatic heterocycles. The molecule has 3 aliphatic carbocycles. The van der Waals surface area contributed by atoms with Crippen LogP contribution in [0.25, 0.3) is 11.1 Å². The lowest BCUT2D eigenvalue weighted by molar-refractivity contribution is -0.181. The number of primary amides is 1. The van der Waals surface area contributed by atoms with Crippen molar-refractivity contribution in [3.8, 4) is 16.9 Å². The van der Waals surface area contributed by atoms with E-state index in [1.54, 1.807) is 27.1 Å². The van der Waals surface area contributed by atoms with Gasteiger partial charge in [0.1, 0.15) is 5.75 Å². The third kappa shape index (κ3) is 4.93. The van der Waals surface area contributed by atoms with E-state index in [1.807, 2.05) is 24.3 Å². The summed E-state index contributed by atoms with van der Waals surface area (Å²) < 4.78 is 4.97. The van der Waals surface area contributed by atoms with Crippen molar-refractivity contribution in [2.24, 2.45) is 29.4 Å². The summed E-state index contributed by atoms with van der Waals surface area (Å²) in [6.45, 7) is 2.10. The normalized spacial score (nSPS) is 27.9. The summed E-state index contributed by atoms with van der Waals surface area (Å²) >= 11 is 0. The molecule has 4 N–H and O–H groups in total. The minimum absolute atomic E-state index is 0.0155. The van der Waals surface area contributed by atoms with Crippen molar-refractivity contribution >= 4 is 35.0 Å². The number of likely N-dealkylation sites (N-methyl/N-ethyl adjacent to an activating group) is 1. The van der Waals surface area contributed by atoms with E-state index in [9.17, 15) is 39.0 Å². The summed E-state index contributed by atoms with van der Waals surface area (Å²) in [6, 6.07) is 9.54. The highest BCUT2D eigenvalue weighted by Gasteiger charge is 2.69. The molecule has 2 fully saturated rings. The summed E-state index contributed by atoms with van der Waals surface area (Å²) in [5, 5.41) is 22.5. The number of aliphatic hydroxyl groups is 1. The van der Waals surface area contributed by atoms with Crippen LogP contribution in [0.1, 0.15) is 47.7 Å². The molecule has 0 saturated heterocycles. The van der Waals surface area contributed by atoms with E-state index in [4.69, 9.17) is 10.5 Å². The lowest BCUT2D eigenvalue weighted by Gasteiger charge is -2.52.